The molecule has 25 heavy (non-hydrogen) atoms. The number of nitrogens with zero attached hydrogens (tertiary/aromatic N) is 1. The van der Waals surface area contributed by atoms with E-state index < -0.39 is 0 Å². The van der Waals surface area contributed by atoms with Crippen LogP contribution in [0.5, 0.6) is 0 Å². The maximum atomic E-state index is 5.87. The van der Waals surface area contributed by atoms with Gasteiger partial charge in [-0.3, -0.25) is 4.99 Å². The number of hydrogen-bond acceptors (Lipinski definition) is 5. The molecule has 2 unspecified atom stereocenters. The van der Waals surface area contributed by atoms with Crippen molar-refractivity contribution in [3.8, 4) is 0 Å². The van der Waals surface area contributed by atoms with E-state index in [-0.39, 0.29) is 36.1 Å². The lowest BCUT2D eigenvalue weighted by Crippen LogP contribution is -2.45. The molecule has 6 nitrogen and oxygen atoms in total. The van der Waals surface area contributed by atoms with Crippen LogP contribution in [0.3, 0.4) is 0 Å². The Morgan fingerprint density at radius 3 is 3.08 bits per heavy atom. The van der Waals surface area contributed by atoms with Crippen LogP contribution in [0.25, 0.3) is 0 Å². The van der Waals surface area contributed by atoms with Gasteiger partial charge in [-0.2, -0.15) is 11.8 Å². The van der Waals surface area contributed by atoms with Crippen molar-refractivity contribution >= 4 is 41.7 Å². The first-order valence-corrected chi connectivity index (χ1v) is 9.93. The second-order valence-electron chi connectivity index (χ2n) is 5.84. The van der Waals surface area contributed by atoms with E-state index in [9.17, 15) is 0 Å². The molecule has 0 spiro atoms. The summed E-state index contributed by atoms with van der Waals surface area (Å²) in [5, 5.41) is 6.78. The van der Waals surface area contributed by atoms with Crippen molar-refractivity contribution in [3.05, 3.63) is 24.2 Å². The van der Waals surface area contributed by atoms with Gasteiger partial charge in [0.25, 0.3) is 0 Å². The minimum atomic E-state index is 0. The van der Waals surface area contributed by atoms with Crippen molar-refractivity contribution < 1.29 is 13.9 Å². The van der Waals surface area contributed by atoms with E-state index in [1.165, 1.54) is 0 Å². The first-order chi connectivity index (χ1) is 11.8. The molecule has 0 bridgehead atoms. The lowest BCUT2D eigenvalue weighted by molar-refractivity contribution is 0.0347. The number of furan rings is 1. The second kappa shape index (κ2) is 13.7. The zero-order valence-corrected chi connectivity index (χ0v) is 18.2. The third kappa shape index (κ3) is 9.72. The van der Waals surface area contributed by atoms with Crippen LogP contribution >= 0.6 is 35.7 Å². The van der Waals surface area contributed by atoms with Crippen molar-refractivity contribution in [1.82, 2.24) is 10.6 Å². The summed E-state index contributed by atoms with van der Waals surface area (Å²) < 4.78 is 16.6. The van der Waals surface area contributed by atoms with Gasteiger partial charge in [0.15, 0.2) is 5.96 Å². The molecule has 2 N–H and O–H groups in total. The second-order valence-corrected chi connectivity index (χ2v) is 6.83. The summed E-state index contributed by atoms with van der Waals surface area (Å²) in [6, 6.07) is 4.09. The fourth-order valence-corrected chi connectivity index (χ4v) is 2.63. The molecule has 1 aliphatic heterocycles. The van der Waals surface area contributed by atoms with Gasteiger partial charge in [0.05, 0.1) is 32.1 Å². The first kappa shape index (κ1) is 22.6. The number of guanidine groups is 1. The molecule has 1 aromatic rings. The molecule has 0 radical (unpaired) electrons. The maximum Gasteiger partial charge on any atom is 0.191 e. The van der Waals surface area contributed by atoms with Crippen molar-refractivity contribution in [2.24, 2.45) is 4.99 Å². The fourth-order valence-electron chi connectivity index (χ4n) is 2.36. The number of aliphatic imine (C=N–C) groups is 1. The summed E-state index contributed by atoms with van der Waals surface area (Å²) in [6.45, 7) is 5.85. The summed E-state index contributed by atoms with van der Waals surface area (Å²) in [5.41, 5.74) is 0. The fraction of sp³-hybridized carbons (Fsp3) is 0.706. The summed E-state index contributed by atoms with van der Waals surface area (Å²) in [7, 11) is 0. The van der Waals surface area contributed by atoms with Gasteiger partial charge in [-0.1, -0.05) is 0 Å². The highest BCUT2D eigenvalue weighted by Gasteiger charge is 2.17. The van der Waals surface area contributed by atoms with Crippen LogP contribution in [-0.4, -0.2) is 63.0 Å². The number of nitrogens with one attached hydrogen (secondary N) is 2. The van der Waals surface area contributed by atoms with Crippen molar-refractivity contribution in [1.29, 1.82) is 0 Å². The minimum absolute atomic E-state index is 0. The summed E-state index contributed by atoms with van der Waals surface area (Å²) in [6.07, 6.45) is 5.85. The maximum absolute atomic E-state index is 5.87. The molecule has 1 fully saturated rings. The topological polar surface area (TPSA) is 68.0 Å². The van der Waals surface area contributed by atoms with Gasteiger partial charge in [0.1, 0.15) is 5.76 Å². The molecular weight excluding hydrogens is 453 g/mol. The Morgan fingerprint density at radius 1 is 1.52 bits per heavy atom. The highest BCUT2D eigenvalue weighted by molar-refractivity contribution is 14.0. The van der Waals surface area contributed by atoms with Gasteiger partial charge in [-0.15, -0.1) is 24.0 Å². The van der Waals surface area contributed by atoms with Crippen LogP contribution in [0.4, 0.5) is 0 Å². The molecule has 0 aromatic carbocycles. The number of ether oxygens (including phenoxy) is 2. The number of rotatable bonds is 10. The van der Waals surface area contributed by atoms with E-state index in [2.05, 4.69) is 28.8 Å². The summed E-state index contributed by atoms with van der Waals surface area (Å²) >= 11 is 1.80. The van der Waals surface area contributed by atoms with Crippen LogP contribution in [0, 0.1) is 0 Å². The van der Waals surface area contributed by atoms with E-state index in [4.69, 9.17) is 13.9 Å². The normalized spacial score (nSPS) is 18.6. The monoisotopic (exact) mass is 483 g/mol. The highest BCUT2D eigenvalue weighted by atomic mass is 127. The Kier molecular flexibility index (Phi) is 12.4. The average Bonchev–Trinajstić information content (AvgIpc) is 3.26. The lowest BCUT2D eigenvalue weighted by Gasteiger charge is -2.20. The van der Waals surface area contributed by atoms with Gasteiger partial charge in [-0.05, 0) is 31.7 Å². The third-order valence-corrected chi connectivity index (χ3v) is 4.25. The molecule has 0 amide bonds. The van der Waals surface area contributed by atoms with Gasteiger partial charge >= 0.3 is 0 Å². The number of thioether (sulfide) groups is 1. The molecule has 0 saturated carbocycles. The first-order valence-electron chi connectivity index (χ1n) is 8.53. The van der Waals surface area contributed by atoms with E-state index in [1.807, 2.05) is 12.1 Å². The minimum Gasteiger partial charge on any atom is -0.469 e. The quantitative estimate of drug-likeness (QED) is 0.231. The predicted molar refractivity (Wildman–Crippen MR) is 114 cm³/mol. The molecule has 2 heterocycles. The Morgan fingerprint density at radius 2 is 2.40 bits per heavy atom. The molecule has 144 valence electrons. The SMILES string of the molecule is CSCCN=C(NCCc1ccco1)NC(C)COC1CCOC1.I. The summed E-state index contributed by atoms with van der Waals surface area (Å²) in [4.78, 5) is 4.61. The molecule has 0 aliphatic carbocycles. The van der Waals surface area contributed by atoms with Gasteiger partial charge in [0, 0.05) is 31.4 Å². The Labute approximate surface area is 171 Å². The standard InChI is InChI=1S/C17H29N3O3S.HI/c1-14(12-23-16-6-10-21-13-16)20-17(19-8-11-24-2)18-7-5-15-4-3-9-22-15;/h3-4,9,14,16H,5-8,10-13H2,1-2H3,(H2,18,19,20);1H. The van der Waals surface area contributed by atoms with E-state index in [0.29, 0.717) is 13.2 Å². The molecule has 2 atom stereocenters. The molecule has 2 rings (SSSR count). The predicted octanol–water partition coefficient (Wildman–Crippen LogP) is 2.53. The zero-order chi connectivity index (χ0) is 17.0. The van der Waals surface area contributed by atoms with Crippen LogP contribution in [0.15, 0.2) is 27.8 Å². The van der Waals surface area contributed by atoms with Crippen molar-refractivity contribution in [2.75, 3.05) is 44.9 Å². The molecule has 1 aliphatic rings. The molecule has 1 saturated heterocycles. The molecule has 8 heteroatoms. The highest BCUT2D eigenvalue weighted by Crippen LogP contribution is 2.08. The van der Waals surface area contributed by atoms with Gasteiger partial charge in [0.2, 0.25) is 0 Å². The van der Waals surface area contributed by atoms with Gasteiger partial charge < -0.3 is 24.5 Å². The van der Waals surface area contributed by atoms with Crippen LogP contribution < -0.4 is 10.6 Å². The summed E-state index contributed by atoms with van der Waals surface area (Å²) in [5.74, 6) is 2.81. The van der Waals surface area contributed by atoms with Crippen LogP contribution in [0.1, 0.15) is 19.1 Å². The van der Waals surface area contributed by atoms with Crippen molar-refractivity contribution in [2.45, 2.75) is 31.9 Å². The molecular formula is C17H30IN3O3S. The van der Waals surface area contributed by atoms with Crippen LogP contribution in [0.2, 0.25) is 0 Å². The largest absolute Gasteiger partial charge is 0.469 e. The smallest absolute Gasteiger partial charge is 0.191 e. The van der Waals surface area contributed by atoms with Gasteiger partial charge in [-0.25, -0.2) is 0 Å². The Balaban J connectivity index is 0.00000312. The van der Waals surface area contributed by atoms with Crippen molar-refractivity contribution in [3.63, 3.8) is 0 Å². The zero-order valence-electron chi connectivity index (χ0n) is 15.0. The Hall–Kier alpha value is -0.450. The van der Waals surface area contributed by atoms with E-state index in [0.717, 1.165) is 50.0 Å². The average molecular weight is 483 g/mol. The van der Waals surface area contributed by atoms with E-state index >= 15 is 0 Å². The molecule has 1 aromatic heterocycles. The third-order valence-electron chi connectivity index (χ3n) is 3.66. The van der Waals surface area contributed by atoms with E-state index in [1.54, 1.807) is 18.0 Å². The number of halogens is 1. The Bertz CT molecular complexity index is 468. The lowest BCUT2D eigenvalue weighted by atomic mass is 10.3. The van der Waals surface area contributed by atoms with Crippen LogP contribution in [-0.2, 0) is 15.9 Å². The number of hydrogen-bond donors (Lipinski definition) is 2.